The highest BCUT2D eigenvalue weighted by molar-refractivity contribution is 7.11. The van der Waals surface area contributed by atoms with Crippen molar-refractivity contribution in [2.24, 2.45) is 4.99 Å². The molecule has 0 spiro atoms. The van der Waals surface area contributed by atoms with Crippen molar-refractivity contribution < 1.29 is 0 Å². The molecule has 27 heavy (non-hydrogen) atoms. The summed E-state index contributed by atoms with van der Waals surface area (Å²) in [6, 6.07) is 10.8. The van der Waals surface area contributed by atoms with Crippen LogP contribution in [0.4, 0.5) is 0 Å². The second-order valence-corrected chi connectivity index (χ2v) is 8.80. The number of aromatic nitrogens is 1. The average molecular weight is 388 g/mol. The zero-order chi connectivity index (χ0) is 19.9. The van der Waals surface area contributed by atoms with Gasteiger partial charge in [-0.15, -0.1) is 11.3 Å². The van der Waals surface area contributed by atoms with Gasteiger partial charge in [0, 0.05) is 43.0 Å². The first-order valence-corrected chi connectivity index (χ1v) is 10.3. The van der Waals surface area contributed by atoms with Crippen molar-refractivity contribution in [1.82, 2.24) is 20.9 Å². The Morgan fingerprint density at radius 1 is 1.19 bits per heavy atom. The molecule has 0 aliphatic rings. The maximum absolute atomic E-state index is 4.59. The van der Waals surface area contributed by atoms with Gasteiger partial charge in [-0.05, 0) is 40.2 Å². The second-order valence-electron chi connectivity index (χ2n) is 7.51. The highest BCUT2D eigenvalue weighted by Crippen LogP contribution is 2.17. The normalized spacial score (nSPS) is 13.5. The van der Waals surface area contributed by atoms with Gasteiger partial charge in [-0.25, -0.2) is 4.98 Å². The fourth-order valence-corrected chi connectivity index (χ4v) is 3.85. The van der Waals surface area contributed by atoms with Gasteiger partial charge in [-0.2, -0.15) is 0 Å². The summed E-state index contributed by atoms with van der Waals surface area (Å²) in [6.07, 6.45) is 0.909. The number of hydrogen-bond donors (Lipinski definition) is 3. The molecule has 6 heteroatoms. The third-order valence-electron chi connectivity index (χ3n) is 4.53. The van der Waals surface area contributed by atoms with E-state index in [0.717, 1.165) is 31.2 Å². The lowest BCUT2D eigenvalue weighted by molar-refractivity contribution is 0.345. The van der Waals surface area contributed by atoms with Crippen LogP contribution in [0.5, 0.6) is 0 Å². The topological polar surface area (TPSA) is 61.3 Å². The molecule has 0 bridgehead atoms. The Labute approximate surface area is 167 Å². The van der Waals surface area contributed by atoms with Crippen molar-refractivity contribution in [2.45, 2.75) is 52.6 Å². The summed E-state index contributed by atoms with van der Waals surface area (Å²) in [4.78, 5) is 10.2. The van der Waals surface area contributed by atoms with E-state index in [9.17, 15) is 0 Å². The van der Waals surface area contributed by atoms with Crippen LogP contribution in [0.15, 0.2) is 35.3 Å². The first kappa shape index (κ1) is 21.4. The molecule has 0 aliphatic carbocycles. The molecular weight excluding hydrogens is 354 g/mol. The van der Waals surface area contributed by atoms with Crippen LogP contribution in [0.2, 0.25) is 0 Å². The van der Waals surface area contributed by atoms with Gasteiger partial charge < -0.3 is 16.0 Å². The van der Waals surface area contributed by atoms with Crippen LogP contribution in [0.3, 0.4) is 0 Å². The highest BCUT2D eigenvalue weighted by atomic mass is 32.1. The molecule has 2 rings (SSSR count). The molecule has 5 nitrogen and oxygen atoms in total. The van der Waals surface area contributed by atoms with Crippen molar-refractivity contribution in [3.05, 3.63) is 51.5 Å². The van der Waals surface area contributed by atoms with E-state index in [-0.39, 0.29) is 11.6 Å². The van der Waals surface area contributed by atoms with Crippen LogP contribution in [0, 0.1) is 13.8 Å². The van der Waals surface area contributed by atoms with Gasteiger partial charge in [-0.1, -0.05) is 30.3 Å². The summed E-state index contributed by atoms with van der Waals surface area (Å²) in [7, 11) is 1.81. The molecular formula is C21H33N5S. The second kappa shape index (κ2) is 9.85. The fraction of sp³-hybridized carbons (Fsp3) is 0.524. The fourth-order valence-electron chi connectivity index (χ4n) is 2.92. The van der Waals surface area contributed by atoms with E-state index in [0.29, 0.717) is 0 Å². The Bertz CT molecular complexity index is 717. The van der Waals surface area contributed by atoms with Crippen LogP contribution in [0.1, 0.15) is 48.0 Å². The van der Waals surface area contributed by atoms with Crippen molar-refractivity contribution in [3.63, 3.8) is 0 Å². The number of nitrogens with one attached hydrogen (secondary N) is 3. The number of benzene rings is 1. The lowest BCUT2D eigenvalue weighted by Gasteiger charge is -2.31. The standard InChI is InChI=1S/C21H33N5S/c1-15-17(3)27-19(25-15)12-13-23-20(22-6)24-14-21(4,5)26-16(2)18-10-8-7-9-11-18/h7-11,16,26H,12-14H2,1-6H3,(H2,22,23,24). The summed E-state index contributed by atoms with van der Waals surface area (Å²) in [6.45, 7) is 12.4. The van der Waals surface area contributed by atoms with Crippen LogP contribution >= 0.6 is 11.3 Å². The maximum atomic E-state index is 4.59. The van der Waals surface area contributed by atoms with Crippen molar-refractivity contribution in [2.75, 3.05) is 20.1 Å². The third-order valence-corrected chi connectivity index (χ3v) is 5.66. The molecule has 0 saturated heterocycles. The number of aliphatic imine (C=N–C) groups is 1. The molecule has 0 amide bonds. The van der Waals surface area contributed by atoms with Gasteiger partial charge in [0.15, 0.2) is 5.96 Å². The zero-order valence-electron chi connectivity index (χ0n) is 17.4. The number of thiazole rings is 1. The van der Waals surface area contributed by atoms with E-state index in [1.165, 1.54) is 15.4 Å². The minimum Gasteiger partial charge on any atom is -0.356 e. The van der Waals surface area contributed by atoms with Crippen molar-refractivity contribution in [3.8, 4) is 0 Å². The summed E-state index contributed by atoms with van der Waals surface area (Å²) in [5, 5.41) is 11.7. The third kappa shape index (κ3) is 6.96. The van der Waals surface area contributed by atoms with Gasteiger partial charge in [0.1, 0.15) is 0 Å². The average Bonchev–Trinajstić information content (AvgIpc) is 2.96. The molecule has 3 N–H and O–H groups in total. The predicted octanol–water partition coefficient (Wildman–Crippen LogP) is 3.60. The van der Waals surface area contributed by atoms with Crippen molar-refractivity contribution >= 4 is 17.3 Å². The number of hydrogen-bond acceptors (Lipinski definition) is 4. The van der Waals surface area contributed by atoms with Gasteiger partial charge in [0.2, 0.25) is 0 Å². The maximum Gasteiger partial charge on any atom is 0.191 e. The molecule has 2 aromatic rings. The molecule has 0 radical (unpaired) electrons. The highest BCUT2D eigenvalue weighted by Gasteiger charge is 2.21. The largest absolute Gasteiger partial charge is 0.356 e. The number of guanidine groups is 1. The molecule has 0 aliphatic heterocycles. The van der Waals surface area contributed by atoms with Crippen LogP contribution in [-0.2, 0) is 6.42 Å². The van der Waals surface area contributed by atoms with E-state index < -0.39 is 0 Å². The molecule has 0 saturated carbocycles. The number of rotatable bonds is 8. The molecule has 1 atom stereocenters. The molecule has 1 aromatic heterocycles. The van der Waals surface area contributed by atoms with Gasteiger partial charge >= 0.3 is 0 Å². The van der Waals surface area contributed by atoms with E-state index >= 15 is 0 Å². The van der Waals surface area contributed by atoms with E-state index in [1.54, 1.807) is 18.4 Å². The smallest absolute Gasteiger partial charge is 0.191 e. The van der Waals surface area contributed by atoms with E-state index in [1.807, 2.05) is 6.07 Å². The quantitative estimate of drug-likeness (QED) is 0.478. The molecule has 1 aromatic carbocycles. The number of aryl methyl sites for hydroxylation is 2. The lowest BCUT2D eigenvalue weighted by atomic mass is 10.0. The number of nitrogens with zero attached hydrogens (tertiary/aromatic N) is 2. The lowest BCUT2D eigenvalue weighted by Crippen LogP contribution is -2.52. The Balaban J connectivity index is 1.78. The first-order chi connectivity index (χ1) is 12.8. The van der Waals surface area contributed by atoms with Crippen molar-refractivity contribution in [1.29, 1.82) is 0 Å². The summed E-state index contributed by atoms with van der Waals surface area (Å²) < 4.78 is 0. The Hall–Kier alpha value is -1.92. The van der Waals surface area contributed by atoms with Crippen LogP contribution in [-0.4, -0.2) is 36.6 Å². The minimum absolute atomic E-state index is 0.0730. The summed E-state index contributed by atoms with van der Waals surface area (Å²) >= 11 is 1.77. The molecule has 1 unspecified atom stereocenters. The predicted molar refractivity (Wildman–Crippen MR) is 117 cm³/mol. The van der Waals surface area contributed by atoms with E-state index in [2.05, 4.69) is 84.8 Å². The summed E-state index contributed by atoms with van der Waals surface area (Å²) in [5.41, 5.74) is 2.36. The monoisotopic (exact) mass is 387 g/mol. The minimum atomic E-state index is -0.0730. The van der Waals surface area contributed by atoms with Crippen LogP contribution < -0.4 is 16.0 Å². The van der Waals surface area contributed by atoms with Gasteiger partial charge in [-0.3, -0.25) is 4.99 Å². The van der Waals surface area contributed by atoms with Crippen LogP contribution in [0.25, 0.3) is 0 Å². The molecule has 0 fully saturated rings. The first-order valence-electron chi connectivity index (χ1n) is 9.51. The van der Waals surface area contributed by atoms with Gasteiger partial charge in [0.05, 0.1) is 10.7 Å². The van der Waals surface area contributed by atoms with E-state index in [4.69, 9.17) is 0 Å². The SMILES string of the molecule is CN=C(NCCc1nc(C)c(C)s1)NCC(C)(C)NC(C)c1ccccc1. The molecule has 148 valence electrons. The molecule has 1 heterocycles. The Morgan fingerprint density at radius 3 is 2.48 bits per heavy atom. The Morgan fingerprint density at radius 2 is 1.89 bits per heavy atom. The summed E-state index contributed by atoms with van der Waals surface area (Å²) in [5.74, 6) is 0.822. The zero-order valence-corrected chi connectivity index (χ0v) is 18.2. The Kier molecular flexibility index (Phi) is 7.80. The van der Waals surface area contributed by atoms with Gasteiger partial charge in [0.25, 0.3) is 0 Å².